The molecule has 0 bridgehead atoms. The maximum Gasteiger partial charge on any atom is 0.293 e. The summed E-state index contributed by atoms with van der Waals surface area (Å²) in [6.45, 7) is 4.93. The average molecular weight is 382 g/mol. The summed E-state index contributed by atoms with van der Waals surface area (Å²) in [5.41, 5.74) is 0.383. The van der Waals surface area contributed by atoms with Gasteiger partial charge in [0.1, 0.15) is 5.69 Å². The predicted molar refractivity (Wildman–Crippen MR) is 100 cm³/mol. The molecule has 1 aromatic carbocycles. The molecule has 0 aliphatic carbocycles. The fraction of sp³-hybridized carbons (Fsp3) is 0.647. The van der Waals surface area contributed by atoms with E-state index in [-0.39, 0.29) is 16.6 Å². The van der Waals surface area contributed by atoms with Gasteiger partial charge in [-0.15, -0.1) is 0 Å². The molecule has 0 saturated carbocycles. The molecule has 2 aliphatic heterocycles. The fourth-order valence-corrected chi connectivity index (χ4v) is 5.13. The Hall–Kier alpha value is -1.71. The van der Waals surface area contributed by atoms with Gasteiger partial charge in [0, 0.05) is 44.8 Å². The number of nitrogens with zero attached hydrogens (tertiary/aromatic N) is 4. The van der Waals surface area contributed by atoms with Gasteiger partial charge in [-0.3, -0.25) is 10.1 Å². The fourth-order valence-electron chi connectivity index (χ4n) is 3.69. The highest BCUT2D eigenvalue weighted by atomic mass is 32.2. The van der Waals surface area contributed by atoms with Crippen molar-refractivity contribution >= 4 is 21.4 Å². The molecule has 0 radical (unpaired) electrons. The van der Waals surface area contributed by atoms with Crippen LogP contribution in [0.3, 0.4) is 0 Å². The number of benzene rings is 1. The van der Waals surface area contributed by atoms with Crippen molar-refractivity contribution in [2.75, 3.05) is 44.7 Å². The maximum absolute atomic E-state index is 12.9. The van der Waals surface area contributed by atoms with Gasteiger partial charge in [0.2, 0.25) is 10.0 Å². The van der Waals surface area contributed by atoms with Gasteiger partial charge in [-0.05, 0) is 45.4 Å². The second kappa shape index (κ2) is 7.50. The Labute approximate surface area is 154 Å². The SMILES string of the molecule is C[C@@H]1CCCCN1c1ccc(S(=O)(=O)N2CCN(C)CC2)cc1[N+](=O)[O-]. The molecule has 1 atom stereocenters. The second-order valence-corrected chi connectivity index (χ2v) is 9.09. The van der Waals surface area contributed by atoms with Crippen molar-refractivity contribution in [2.24, 2.45) is 0 Å². The molecule has 0 unspecified atom stereocenters. The molecule has 2 aliphatic rings. The van der Waals surface area contributed by atoms with Gasteiger partial charge in [0.15, 0.2) is 0 Å². The van der Waals surface area contributed by atoms with E-state index in [4.69, 9.17) is 0 Å². The summed E-state index contributed by atoms with van der Waals surface area (Å²) in [5, 5.41) is 11.6. The average Bonchev–Trinajstić information content (AvgIpc) is 2.62. The lowest BCUT2D eigenvalue weighted by Gasteiger charge is -2.35. The van der Waals surface area contributed by atoms with Crippen molar-refractivity contribution in [3.05, 3.63) is 28.3 Å². The number of rotatable bonds is 4. The highest BCUT2D eigenvalue weighted by Gasteiger charge is 2.31. The largest absolute Gasteiger partial charge is 0.363 e. The van der Waals surface area contributed by atoms with Crippen LogP contribution >= 0.6 is 0 Å². The van der Waals surface area contributed by atoms with Crippen LogP contribution in [-0.4, -0.2) is 68.4 Å². The van der Waals surface area contributed by atoms with E-state index in [2.05, 4.69) is 11.8 Å². The van der Waals surface area contributed by atoms with Gasteiger partial charge in [-0.2, -0.15) is 4.31 Å². The first-order valence-electron chi connectivity index (χ1n) is 9.04. The summed E-state index contributed by atoms with van der Waals surface area (Å²) in [7, 11) is -1.77. The number of sulfonamides is 1. The highest BCUT2D eigenvalue weighted by molar-refractivity contribution is 7.89. The third-order valence-electron chi connectivity index (χ3n) is 5.36. The molecule has 9 heteroatoms. The first-order valence-corrected chi connectivity index (χ1v) is 10.5. The molecular formula is C17H26N4O4S. The van der Waals surface area contributed by atoms with Crippen LogP contribution in [0, 0.1) is 10.1 Å². The smallest absolute Gasteiger partial charge is 0.293 e. The van der Waals surface area contributed by atoms with Gasteiger partial charge in [-0.25, -0.2) is 8.42 Å². The summed E-state index contributed by atoms with van der Waals surface area (Å²) in [5.74, 6) is 0. The van der Waals surface area contributed by atoms with Gasteiger partial charge in [0.25, 0.3) is 5.69 Å². The number of piperidine rings is 1. The summed E-state index contributed by atoms with van der Waals surface area (Å²) < 4.78 is 27.2. The molecule has 0 spiro atoms. The molecule has 2 heterocycles. The number of nitro benzene ring substituents is 1. The van der Waals surface area contributed by atoms with Crippen molar-refractivity contribution in [2.45, 2.75) is 37.1 Å². The van der Waals surface area contributed by atoms with Crippen LogP contribution in [-0.2, 0) is 10.0 Å². The second-order valence-electron chi connectivity index (χ2n) is 7.15. The summed E-state index contributed by atoms with van der Waals surface area (Å²) in [4.78, 5) is 15.2. The van der Waals surface area contributed by atoms with E-state index in [9.17, 15) is 18.5 Å². The van der Waals surface area contributed by atoms with E-state index in [1.807, 2.05) is 11.9 Å². The van der Waals surface area contributed by atoms with E-state index in [1.54, 1.807) is 6.07 Å². The number of likely N-dealkylation sites (N-methyl/N-ethyl adjacent to an activating group) is 1. The zero-order valence-electron chi connectivity index (χ0n) is 15.3. The number of hydrogen-bond donors (Lipinski definition) is 0. The maximum atomic E-state index is 12.9. The molecule has 1 aromatic rings. The van der Waals surface area contributed by atoms with Crippen LogP contribution < -0.4 is 4.90 Å². The lowest BCUT2D eigenvalue weighted by molar-refractivity contribution is -0.384. The van der Waals surface area contributed by atoms with Gasteiger partial charge in [0.05, 0.1) is 9.82 Å². The molecule has 8 nitrogen and oxygen atoms in total. The normalized spacial score (nSPS) is 23.2. The molecule has 144 valence electrons. The quantitative estimate of drug-likeness (QED) is 0.584. The van der Waals surface area contributed by atoms with E-state index in [0.717, 1.165) is 25.8 Å². The van der Waals surface area contributed by atoms with Crippen molar-refractivity contribution in [3.8, 4) is 0 Å². The molecule has 2 saturated heterocycles. The van der Waals surface area contributed by atoms with Crippen LogP contribution in [0.2, 0.25) is 0 Å². The lowest BCUT2D eigenvalue weighted by Crippen LogP contribution is -2.47. The zero-order valence-corrected chi connectivity index (χ0v) is 16.1. The number of hydrogen-bond acceptors (Lipinski definition) is 6. The third kappa shape index (κ3) is 3.70. The Morgan fingerprint density at radius 2 is 1.81 bits per heavy atom. The molecule has 2 fully saturated rings. The van der Waals surface area contributed by atoms with Crippen molar-refractivity contribution in [1.29, 1.82) is 0 Å². The summed E-state index contributed by atoms with van der Waals surface area (Å²) >= 11 is 0. The Balaban J connectivity index is 1.94. The van der Waals surface area contributed by atoms with Crippen LogP contribution in [0.1, 0.15) is 26.2 Å². The zero-order chi connectivity index (χ0) is 18.9. The van der Waals surface area contributed by atoms with Crippen molar-refractivity contribution in [1.82, 2.24) is 9.21 Å². The topological polar surface area (TPSA) is 87.0 Å². The Morgan fingerprint density at radius 3 is 2.42 bits per heavy atom. The van der Waals surface area contributed by atoms with E-state index in [1.165, 1.54) is 16.4 Å². The number of piperazine rings is 1. The standard InChI is InChI=1S/C17H26N4O4S/c1-14-5-3-4-8-20(14)16-7-6-15(13-17(16)21(22)23)26(24,25)19-11-9-18(2)10-12-19/h6-7,13-14H,3-5,8-12H2,1-2H3/t14-/m1/s1. The minimum absolute atomic E-state index is 0.00201. The summed E-state index contributed by atoms with van der Waals surface area (Å²) in [6, 6.07) is 4.55. The van der Waals surface area contributed by atoms with Crippen molar-refractivity contribution in [3.63, 3.8) is 0 Å². The molecule has 3 rings (SSSR count). The van der Waals surface area contributed by atoms with Crippen LogP contribution in [0.5, 0.6) is 0 Å². The predicted octanol–water partition coefficient (Wildman–Crippen LogP) is 1.91. The lowest BCUT2D eigenvalue weighted by atomic mass is 10.0. The molecular weight excluding hydrogens is 356 g/mol. The van der Waals surface area contributed by atoms with Gasteiger partial charge in [-0.1, -0.05) is 0 Å². The monoisotopic (exact) mass is 382 g/mol. The molecule has 0 amide bonds. The van der Waals surface area contributed by atoms with E-state index < -0.39 is 14.9 Å². The highest BCUT2D eigenvalue weighted by Crippen LogP contribution is 2.35. The number of anilines is 1. The van der Waals surface area contributed by atoms with Crippen LogP contribution in [0.15, 0.2) is 23.1 Å². The van der Waals surface area contributed by atoms with Crippen LogP contribution in [0.25, 0.3) is 0 Å². The number of nitro groups is 1. The van der Waals surface area contributed by atoms with E-state index >= 15 is 0 Å². The molecule has 0 aromatic heterocycles. The van der Waals surface area contributed by atoms with Gasteiger partial charge < -0.3 is 9.80 Å². The first-order chi connectivity index (χ1) is 12.3. The minimum Gasteiger partial charge on any atom is -0.363 e. The Kier molecular flexibility index (Phi) is 5.50. The Bertz CT molecular complexity index is 775. The molecule has 0 N–H and O–H groups in total. The molecule has 26 heavy (non-hydrogen) atoms. The van der Waals surface area contributed by atoms with Gasteiger partial charge >= 0.3 is 0 Å². The summed E-state index contributed by atoms with van der Waals surface area (Å²) in [6.07, 6.45) is 3.09. The third-order valence-corrected chi connectivity index (χ3v) is 7.25. The van der Waals surface area contributed by atoms with Crippen molar-refractivity contribution < 1.29 is 13.3 Å². The minimum atomic E-state index is -3.72. The van der Waals surface area contributed by atoms with Crippen LogP contribution in [0.4, 0.5) is 11.4 Å². The first kappa shape index (κ1) is 19.1. The van der Waals surface area contributed by atoms with E-state index in [0.29, 0.717) is 31.9 Å². The Morgan fingerprint density at radius 1 is 1.12 bits per heavy atom.